The van der Waals surface area contributed by atoms with Gasteiger partial charge in [0.2, 0.25) is 0 Å². The third kappa shape index (κ3) is 4.35. The predicted octanol–water partition coefficient (Wildman–Crippen LogP) is 1.37. The molecular weight excluding hydrogens is 296 g/mol. The van der Waals surface area contributed by atoms with Gasteiger partial charge in [-0.2, -0.15) is 9.98 Å². The minimum atomic E-state index is -0.202. The summed E-state index contributed by atoms with van der Waals surface area (Å²) >= 11 is 0. The Labute approximate surface area is 133 Å². The number of aliphatic imine (C=N–C) groups is 1. The zero-order chi connectivity index (χ0) is 16.8. The van der Waals surface area contributed by atoms with Crippen LogP contribution in [0.4, 0.5) is 6.01 Å². The Kier molecular flexibility index (Phi) is 5.00. The maximum absolute atomic E-state index is 10.3. The van der Waals surface area contributed by atoms with Gasteiger partial charge in [-0.15, -0.1) is 0 Å². The Hall–Kier alpha value is -3.26. The zero-order valence-electron chi connectivity index (χ0n) is 12.5. The highest BCUT2D eigenvalue weighted by molar-refractivity contribution is 5.93. The van der Waals surface area contributed by atoms with Crippen molar-refractivity contribution in [2.75, 3.05) is 0 Å². The largest absolute Gasteiger partial charge is 0.760 e. The molecule has 0 unspecified atom stereocenters. The van der Waals surface area contributed by atoms with E-state index in [9.17, 15) is 5.21 Å². The van der Waals surface area contributed by atoms with Crippen molar-refractivity contribution in [1.29, 1.82) is 0 Å². The molecular formula is C15H17N6O2-. The molecule has 8 heteroatoms. The van der Waals surface area contributed by atoms with Gasteiger partial charge in [0.25, 0.3) is 0 Å². The Balaban J connectivity index is 2.14. The molecule has 2 rings (SSSR count). The van der Waals surface area contributed by atoms with Crippen molar-refractivity contribution in [2.45, 2.75) is 6.92 Å². The first kappa shape index (κ1) is 16.1. The zero-order valence-corrected chi connectivity index (χ0v) is 12.5. The highest BCUT2D eigenvalue weighted by atomic mass is 16.5. The van der Waals surface area contributed by atoms with E-state index in [4.69, 9.17) is 21.6 Å². The summed E-state index contributed by atoms with van der Waals surface area (Å²) in [6, 6.07) is 7.91. The van der Waals surface area contributed by atoms with Crippen molar-refractivity contribution >= 4 is 11.9 Å². The van der Waals surface area contributed by atoms with Crippen molar-refractivity contribution in [3.63, 3.8) is 0 Å². The number of benzene rings is 1. The Morgan fingerprint density at radius 1 is 1.22 bits per heavy atom. The monoisotopic (exact) mass is 313 g/mol. The van der Waals surface area contributed by atoms with Crippen LogP contribution in [0.15, 0.2) is 63.5 Å². The van der Waals surface area contributed by atoms with Crippen LogP contribution in [0.2, 0.25) is 0 Å². The summed E-state index contributed by atoms with van der Waals surface area (Å²) in [5.74, 6) is 0.482. The second kappa shape index (κ2) is 7.14. The molecule has 0 saturated carbocycles. The highest BCUT2D eigenvalue weighted by Gasteiger charge is 2.05. The Morgan fingerprint density at radius 2 is 1.91 bits per heavy atom. The van der Waals surface area contributed by atoms with Crippen LogP contribution in [0, 0.1) is 12.1 Å². The molecule has 0 radical (unpaired) electrons. The number of nitrogens with zero attached hydrogens (tertiary/aromatic N) is 2. The predicted molar refractivity (Wildman–Crippen MR) is 89.0 cm³/mol. The molecule has 23 heavy (non-hydrogen) atoms. The maximum atomic E-state index is 10.3. The summed E-state index contributed by atoms with van der Waals surface area (Å²) in [5, 5.41) is 10.3. The summed E-state index contributed by atoms with van der Waals surface area (Å²) in [5.41, 5.74) is 20.1. The molecule has 0 atom stereocenters. The van der Waals surface area contributed by atoms with E-state index in [2.05, 4.69) is 9.98 Å². The molecule has 7 N–H and O–H groups in total. The molecule has 0 aliphatic rings. The standard InChI is InChI=1S/C15H17N6O2/c1-9-2-4-10(5-3-9)12-8-19-15(23-12)20-13(17)7-6-11(16)14(18)21-22/h2-8,21H,16,18H2,1H3,(H2,17,19,20)/q-1/b7-6-,14-11+. The van der Waals surface area contributed by atoms with Crippen molar-refractivity contribution in [2.24, 2.45) is 22.2 Å². The molecule has 120 valence electrons. The quantitative estimate of drug-likeness (QED) is 0.281. The summed E-state index contributed by atoms with van der Waals surface area (Å²) in [7, 11) is 0. The van der Waals surface area contributed by atoms with Gasteiger partial charge in [-0.25, -0.2) is 0 Å². The number of hydrogen-bond donors (Lipinski definition) is 4. The Bertz CT molecular complexity index is 759. The molecule has 0 amide bonds. The van der Waals surface area contributed by atoms with Gasteiger partial charge in [0, 0.05) is 5.56 Å². The summed E-state index contributed by atoms with van der Waals surface area (Å²) < 4.78 is 5.51. The number of nitrogens with one attached hydrogen (secondary N) is 1. The second-order valence-corrected chi connectivity index (χ2v) is 4.71. The lowest BCUT2D eigenvalue weighted by molar-refractivity contribution is 0.583. The number of hydroxylamine groups is 1. The molecule has 0 aliphatic heterocycles. The van der Waals surface area contributed by atoms with E-state index in [0.29, 0.717) is 5.76 Å². The van der Waals surface area contributed by atoms with Crippen LogP contribution in [-0.4, -0.2) is 10.8 Å². The first-order valence-electron chi connectivity index (χ1n) is 6.68. The number of allylic oxidation sites excluding steroid dienone is 1. The summed E-state index contributed by atoms with van der Waals surface area (Å²) in [6.07, 6.45) is 4.30. The van der Waals surface area contributed by atoms with Gasteiger partial charge in [0.15, 0.2) is 5.76 Å². The smallest absolute Gasteiger partial charge is 0.324 e. The number of hydrogen-bond acceptors (Lipinski definition) is 7. The molecule has 0 saturated heterocycles. The lowest BCUT2D eigenvalue weighted by Gasteiger charge is -2.09. The van der Waals surface area contributed by atoms with Crippen LogP contribution in [0.3, 0.4) is 0 Å². The van der Waals surface area contributed by atoms with Gasteiger partial charge < -0.3 is 32.3 Å². The van der Waals surface area contributed by atoms with Crippen LogP contribution in [0.5, 0.6) is 0 Å². The average Bonchev–Trinajstić information content (AvgIpc) is 3.00. The van der Waals surface area contributed by atoms with E-state index in [0.717, 1.165) is 11.1 Å². The average molecular weight is 313 g/mol. The first-order valence-corrected chi connectivity index (χ1v) is 6.68. The lowest BCUT2D eigenvalue weighted by atomic mass is 10.1. The summed E-state index contributed by atoms with van der Waals surface area (Å²) in [6.45, 7) is 2.00. The fourth-order valence-electron chi connectivity index (χ4n) is 1.64. The fourth-order valence-corrected chi connectivity index (χ4v) is 1.64. The molecule has 1 heterocycles. The molecule has 8 nitrogen and oxygen atoms in total. The third-order valence-electron chi connectivity index (χ3n) is 2.91. The van der Waals surface area contributed by atoms with Crippen LogP contribution < -0.4 is 22.7 Å². The molecule has 2 aromatic rings. The number of aryl methyl sites for hydroxylation is 1. The van der Waals surface area contributed by atoms with E-state index in [1.807, 2.05) is 31.2 Å². The molecule has 0 aliphatic carbocycles. The number of nitrogens with two attached hydrogens (primary N) is 3. The maximum Gasteiger partial charge on any atom is 0.324 e. The van der Waals surface area contributed by atoms with Crippen LogP contribution >= 0.6 is 0 Å². The number of oxazole rings is 1. The van der Waals surface area contributed by atoms with Crippen molar-refractivity contribution in [3.8, 4) is 11.3 Å². The molecule has 1 aromatic carbocycles. The van der Waals surface area contributed by atoms with Crippen molar-refractivity contribution in [1.82, 2.24) is 10.5 Å². The van der Waals surface area contributed by atoms with Crippen LogP contribution in [0.25, 0.3) is 11.3 Å². The van der Waals surface area contributed by atoms with Gasteiger partial charge in [0.05, 0.1) is 11.9 Å². The van der Waals surface area contributed by atoms with Gasteiger partial charge >= 0.3 is 6.01 Å². The van der Waals surface area contributed by atoms with Gasteiger partial charge in [0.1, 0.15) is 11.7 Å². The van der Waals surface area contributed by atoms with E-state index < -0.39 is 0 Å². The first-order chi connectivity index (χ1) is 11.0. The van der Waals surface area contributed by atoms with Gasteiger partial charge in [-0.1, -0.05) is 29.8 Å². The van der Waals surface area contributed by atoms with Crippen LogP contribution in [0.1, 0.15) is 5.56 Å². The van der Waals surface area contributed by atoms with Crippen LogP contribution in [-0.2, 0) is 0 Å². The van der Waals surface area contributed by atoms with Crippen molar-refractivity contribution < 1.29 is 4.42 Å². The molecule has 0 bridgehead atoms. The number of aromatic nitrogens is 1. The number of rotatable bonds is 5. The summed E-state index contributed by atoms with van der Waals surface area (Å²) in [4.78, 5) is 8.03. The minimum absolute atomic E-state index is 0.0471. The molecule has 0 spiro atoms. The fraction of sp³-hybridized carbons (Fsp3) is 0.0667. The van der Waals surface area contributed by atoms with Crippen molar-refractivity contribution in [3.05, 3.63) is 64.9 Å². The lowest BCUT2D eigenvalue weighted by Crippen LogP contribution is -2.19. The van der Waals surface area contributed by atoms with E-state index in [1.165, 1.54) is 17.6 Å². The van der Waals surface area contributed by atoms with E-state index in [1.54, 1.807) is 6.20 Å². The second-order valence-electron chi connectivity index (χ2n) is 4.71. The van der Waals surface area contributed by atoms with E-state index >= 15 is 0 Å². The van der Waals surface area contributed by atoms with E-state index in [-0.39, 0.29) is 23.4 Å². The highest BCUT2D eigenvalue weighted by Crippen LogP contribution is 2.24. The third-order valence-corrected chi connectivity index (χ3v) is 2.91. The SMILES string of the molecule is Cc1ccc(-c2cnc(\N=C(N)/C=C\C(N)=C(\N)N[O-])o2)cc1. The number of amidine groups is 1. The Morgan fingerprint density at radius 3 is 2.57 bits per heavy atom. The topological polar surface area (TPSA) is 152 Å². The van der Waals surface area contributed by atoms with Gasteiger partial charge in [-0.3, -0.25) is 0 Å². The molecule has 1 aromatic heterocycles. The minimum Gasteiger partial charge on any atom is -0.760 e. The normalized spacial score (nSPS) is 13.2. The molecule has 0 fully saturated rings. The van der Waals surface area contributed by atoms with Gasteiger partial charge in [-0.05, 0) is 19.1 Å².